The number of aromatic nitrogens is 2. The second-order valence-corrected chi connectivity index (χ2v) is 10.4. The number of rotatable bonds is 7. The number of carbonyl (C=O) groups excluding carboxylic acids is 1. The highest BCUT2D eigenvalue weighted by Crippen LogP contribution is 2.37. The van der Waals surface area contributed by atoms with Crippen LogP contribution in [0.2, 0.25) is 0 Å². The third-order valence-electron chi connectivity index (χ3n) is 6.90. The summed E-state index contributed by atoms with van der Waals surface area (Å²) < 4.78 is 46.1. The van der Waals surface area contributed by atoms with Gasteiger partial charge in [-0.2, -0.15) is 13.2 Å². The second kappa shape index (κ2) is 12.0. The minimum absolute atomic E-state index is 0.0671. The number of ether oxygens (including phenoxy) is 1. The molecule has 0 N–H and O–H groups in total. The number of thiazole rings is 1. The van der Waals surface area contributed by atoms with Crippen molar-refractivity contribution >= 4 is 17.2 Å². The predicted octanol–water partition coefficient (Wildman–Crippen LogP) is 5.87. The van der Waals surface area contributed by atoms with E-state index >= 15 is 0 Å². The van der Waals surface area contributed by atoms with Crippen LogP contribution >= 0.6 is 11.3 Å². The Morgan fingerprint density at radius 1 is 1.02 bits per heavy atom. The van der Waals surface area contributed by atoms with Crippen LogP contribution in [0.1, 0.15) is 23.0 Å². The molecule has 1 saturated heterocycles. The smallest absolute Gasteiger partial charge is 0.417 e. The number of alkyl halides is 3. The van der Waals surface area contributed by atoms with Gasteiger partial charge in [0.15, 0.2) is 6.61 Å². The first-order chi connectivity index (χ1) is 19.7. The fourth-order valence-electron chi connectivity index (χ4n) is 4.79. The van der Waals surface area contributed by atoms with Crippen molar-refractivity contribution in [1.29, 1.82) is 0 Å². The van der Waals surface area contributed by atoms with Crippen LogP contribution in [-0.4, -0.2) is 63.9 Å². The van der Waals surface area contributed by atoms with E-state index in [-0.39, 0.29) is 24.1 Å². The molecule has 0 bridgehead atoms. The first-order valence-electron chi connectivity index (χ1n) is 12.9. The lowest BCUT2D eigenvalue weighted by molar-refractivity contribution is -0.685. The molecule has 4 aromatic rings. The molecule has 41 heavy (non-hydrogen) atoms. The van der Waals surface area contributed by atoms with Crippen LogP contribution in [-0.2, 0) is 11.0 Å². The highest BCUT2D eigenvalue weighted by Gasteiger charge is 2.35. The third-order valence-corrected chi connectivity index (χ3v) is 7.84. The zero-order chi connectivity index (χ0) is 29.0. The van der Waals surface area contributed by atoms with Gasteiger partial charge in [-0.05, 0) is 47.9 Å². The van der Waals surface area contributed by atoms with Crippen LogP contribution < -0.4 is 4.74 Å². The molecule has 1 unspecified atom stereocenters. The number of carbonyl (C=O) groups is 1. The Morgan fingerprint density at radius 3 is 2.46 bits per heavy atom. The largest absolute Gasteiger partial charge is 0.484 e. The number of hydrazine groups is 1. The number of pyridine rings is 1. The normalized spacial score (nSPS) is 15.9. The highest BCUT2D eigenvalue weighted by atomic mass is 32.1. The SMILES string of the molecule is C[N+](=O)N1CCC(c2nc(-c3ccncc3)cs2)N(C(=O)COc2ccc(-c3ccccc3C(F)(F)F)cc2)CC1. The molecule has 3 heterocycles. The Hall–Kier alpha value is -4.32. The van der Waals surface area contributed by atoms with E-state index in [2.05, 4.69) is 4.98 Å². The lowest BCUT2D eigenvalue weighted by Gasteiger charge is -2.28. The third kappa shape index (κ3) is 6.54. The summed E-state index contributed by atoms with van der Waals surface area (Å²) in [6, 6.07) is 14.9. The summed E-state index contributed by atoms with van der Waals surface area (Å²) in [6.45, 7) is 0.847. The van der Waals surface area contributed by atoms with E-state index in [9.17, 15) is 22.9 Å². The number of hydrogen-bond acceptors (Lipinski definition) is 6. The van der Waals surface area contributed by atoms with Gasteiger partial charge in [0.2, 0.25) is 7.05 Å². The Morgan fingerprint density at radius 2 is 1.76 bits per heavy atom. The van der Waals surface area contributed by atoms with Gasteiger partial charge in [-0.3, -0.25) is 9.78 Å². The molecule has 1 aliphatic heterocycles. The average Bonchev–Trinajstić information content (AvgIpc) is 3.35. The number of hydrogen-bond donors (Lipinski definition) is 0. The molecule has 1 fully saturated rings. The first kappa shape index (κ1) is 28.2. The van der Waals surface area contributed by atoms with Crippen LogP contribution in [0.25, 0.3) is 22.4 Å². The van der Waals surface area contributed by atoms with Crippen molar-refractivity contribution in [3.63, 3.8) is 0 Å². The summed E-state index contributed by atoms with van der Waals surface area (Å²) in [5.41, 5.74) is 1.44. The molecule has 5 rings (SSSR count). The van der Waals surface area contributed by atoms with E-state index in [4.69, 9.17) is 9.72 Å². The molecular formula is C29H27F3N5O3S+. The van der Waals surface area contributed by atoms with Crippen molar-refractivity contribution < 1.29 is 27.6 Å². The van der Waals surface area contributed by atoms with Gasteiger partial charge in [-0.15, -0.1) is 16.3 Å². The van der Waals surface area contributed by atoms with E-state index in [1.165, 1.54) is 42.6 Å². The lowest BCUT2D eigenvalue weighted by atomic mass is 9.99. The fourth-order valence-corrected chi connectivity index (χ4v) is 5.77. The number of amides is 1. The van der Waals surface area contributed by atoms with Crippen molar-refractivity contribution in [3.8, 4) is 28.1 Å². The minimum Gasteiger partial charge on any atom is -0.484 e. The maximum atomic E-state index is 13.4. The van der Waals surface area contributed by atoms with Gasteiger partial charge in [0.25, 0.3) is 5.91 Å². The summed E-state index contributed by atoms with van der Waals surface area (Å²) in [5, 5.41) is 4.33. The molecule has 12 heteroatoms. The summed E-state index contributed by atoms with van der Waals surface area (Å²) in [4.78, 5) is 36.8. The van der Waals surface area contributed by atoms with Crippen LogP contribution in [0, 0.1) is 4.91 Å². The number of benzene rings is 2. The monoisotopic (exact) mass is 582 g/mol. The zero-order valence-electron chi connectivity index (χ0n) is 22.1. The highest BCUT2D eigenvalue weighted by molar-refractivity contribution is 7.10. The van der Waals surface area contributed by atoms with E-state index in [0.29, 0.717) is 37.4 Å². The van der Waals surface area contributed by atoms with Crippen molar-refractivity contribution in [2.24, 2.45) is 0 Å². The molecule has 0 radical (unpaired) electrons. The number of nitrogens with zero attached hydrogens (tertiary/aromatic N) is 5. The fraction of sp³-hybridized carbons (Fsp3) is 0.276. The van der Waals surface area contributed by atoms with Crippen molar-refractivity contribution in [2.75, 3.05) is 33.3 Å². The second-order valence-electron chi connectivity index (χ2n) is 9.47. The number of nitroso groups, excluding NO2 is 1. The maximum absolute atomic E-state index is 13.4. The topological polar surface area (TPSA) is 78.6 Å². The zero-order valence-corrected chi connectivity index (χ0v) is 22.9. The summed E-state index contributed by atoms with van der Waals surface area (Å²) in [5.74, 6) is 0.0747. The van der Waals surface area contributed by atoms with Gasteiger partial charge in [0.1, 0.15) is 15.6 Å². The van der Waals surface area contributed by atoms with E-state index < -0.39 is 11.7 Å². The Kier molecular flexibility index (Phi) is 8.29. The molecule has 8 nitrogen and oxygen atoms in total. The molecule has 1 amide bonds. The first-order valence-corrected chi connectivity index (χ1v) is 13.8. The van der Waals surface area contributed by atoms with Crippen LogP contribution in [0.4, 0.5) is 13.2 Å². The van der Waals surface area contributed by atoms with E-state index in [1.807, 2.05) is 17.5 Å². The predicted molar refractivity (Wildman–Crippen MR) is 148 cm³/mol. The quantitative estimate of drug-likeness (QED) is 0.254. The van der Waals surface area contributed by atoms with Crippen molar-refractivity contribution in [1.82, 2.24) is 19.9 Å². The van der Waals surface area contributed by atoms with Crippen molar-refractivity contribution in [2.45, 2.75) is 18.6 Å². The van der Waals surface area contributed by atoms with Gasteiger partial charge in [-0.25, -0.2) is 4.98 Å². The lowest BCUT2D eigenvalue weighted by Crippen LogP contribution is -2.40. The van der Waals surface area contributed by atoms with Crippen LogP contribution in [0.15, 0.2) is 78.4 Å². The van der Waals surface area contributed by atoms with Gasteiger partial charge >= 0.3 is 6.18 Å². The van der Waals surface area contributed by atoms with Gasteiger partial charge in [0.05, 0.1) is 35.3 Å². The summed E-state index contributed by atoms with van der Waals surface area (Å²) in [6.07, 6.45) is -0.586. The van der Waals surface area contributed by atoms with Gasteiger partial charge in [0, 0.05) is 29.9 Å². The molecule has 2 aromatic carbocycles. The van der Waals surface area contributed by atoms with Crippen molar-refractivity contribution in [3.05, 3.63) is 93.9 Å². The Labute approximate surface area is 238 Å². The van der Waals surface area contributed by atoms with E-state index in [0.717, 1.165) is 27.2 Å². The molecule has 1 aliphatic rings. The van der Waals surface area contributed by atoms with Gasteiger partial charge in [-0.1, -0.05) is 30.3 Å². The molecule has 0 saturated carbocycles. The molecule has 0 aliphatic carbocycles. The molecule has 1 atom stereocenters. The molecule has 0 spiro atoms. The maximum Gasteiger partial charge on any atom is 0.417 e. The Balaban J connectivity index is 1.31. The molecule has 2 aromatic heterocycles. The number of halogens is 3. The van der Waals surface area contributed by atoms with E-state index in [1.54, 1.807) is 40.5 Å². The standard InChI is InChI=1S/C29H27F3N5O3S/c1-35(39)36-15-12-26(28-34-25(19-41-28)21-10-13-33-14-11-21)37(17-16-36)27(38)18-40-22-8-6-20(7-9-22)23-4-2-3-5-24(23)29(30,31)32/h2-11,13-14,19,26H,12,15-18H2,1H3/q+1. The molecule has 212 valence electrons. The van der Waals surface area contributed by atoms with Crippen LogP contribution in [0.5, 0.6) is 5.75 Å². The summed E-state index contributed by atoms with van der Waals surface area (Å²) >= 11 is 1.45. The molecular weight excluding hydrogens is 555 g/mol. The Bertz CT molecular complexity index is 1510. The van der Waals surface area contributed by atoms with Crippen LogP contribution in [0.3, 0.4) is 0 Å². The van der Waals surface area contributed by atoms with Gasteiger partial charge < -0.3 is 9.64 Å². The minimum atomic E-state index is -4.48. The average molecular weight is 583 g/mol. The summed E-state index contributed by atoms with van der Waals surface area (Å²) in [7, 11) is 1.43.